The highest BCUT2D eigenvalue weighted by molar-refractivity contribution is 7.56. The van der Waals surface area contributed by atoms with Gasteiger partial charge in [-0.25, -0.2) is 0 Å². The molecule has 2 N–H and O–H groups in total. The Morgan fingerprint density at radius 2 is 1.64 bits per heavy atom. The monoisotopic (exact) mass is 204 g/mol. The summed E-state index contributed by atoms with van der Waals surface area (Å²) in [7, 11) is -9.46. The molecule has 68 valence electrons. The van der Waals surface area contributed by atoms with Crippen molar-refractivity contribution in [2.75, 3.05) is 0 Å². The van der Waals surface area contributed by atoms with Crippen LogP contribution in [-0.4, -0.2) is 23.3 Å². The zero-order valence-electron chi connectivity index (χ0n) is 6.51. The zero-order chi connectivity index (χ0) is 9.50. The van der Waals surface area contributed by atoms with Gasteiger partial charge in [0.2, 0.25) is 0 Å². The van der Waals surface area contributed by atoms with Crippen LogP contribution in [0.25, 0.3) is 0 Å². The standard InChI is InChI=1S/C4H11F2O3PSi/c1-4(2,10(7,8)9)11(3,5)6/h1-3H3,(H2,7,8,9). The van der Waals surface area contributed by atoms with Crippen LogP contribution in [-0.2, 0) is 4.57 Å². The summed E-state index contributed by atoms with van der Waals surface area (Å²) in [5.41, 5.74) is 0. The molecular formula is C4H11F2O3PSi. The van der Waals surface area contributed by atoms with E-state index in [1.165, 1.54) is 0 Å². The van der Waals surface area contributed by atoms with Crippen LogP contribution in [0.2, 0.25) is 6.55 Å². The van der Waals surface area contributed by atoms with Crippen molar-refractivity contribution in [3.8, 4) is 0 Å². The van der Waals surface area contributed by atoms with Gasteiger partial charge in [0.25, 0.3) is 0 Å². The van der Waals surface area contributed by atoms with Crippen LogP contribution in [0.5, 0.6) is 0 Å². The zero-order valence-corrected chi connectivity index (χ0v) is 8.40. The lowest BCUT2D eigenvalue weighted by Crippen LogP contribution is -2.45. The molecule has 0 aromatic rings. The van der Waals surface area contributed by atoms with Crippen LogP contribution < -0.4 is 0 Å². The molecule has 0 atom stereocenters. The molecule has 11 heavy (non-hydrogen) atoms. The summed E-state index contributed by atoms with van der Waals surface area (Å²) < 4.78 is 33.7. The molecule has 0 aliphatic rings. The van der Waals surface area contributed by atoms with E-state index in [4.69, 9.17) is 9.79 Å². The molecule has 0 radical (unpaired) electrons. The van der Waals surface area contributed by atoms with E-state index in [9.17, 15) is 12.8 Å². The van der Waals surface area contributed by atoms with Gasteiger partial charge >= 0.3 is 16.3 Å². The van der Waals surface area contributed by atoms with E-state index in [2.05, 4.69) is 0 Å². The smallest absolute Gasteiger partial charge is 0.324 e. The molecule has 0 aliphatic carbocycles. The van der Waals surface area contributed by atoms with Crippen LogP contribution >= 0.6 is 7.60 Å². The lowest BCUT2D eigenvalue weighted by molar-refractivity contribution is 0.345. The molecule has 0 bridgehead atoms. The molecule has 0 amide bonds. The van der Waals surface area contributed by atoms with Gasteiger partial charge in [0.1, 0.15) is 4.78 Å². The molecule has 0 fully saturated rings. The summed E-state index contributed by atoms with van der Waals surface area (Å²) in [5.74, 6) is 0. The van der Waals surface area contributed by atoms with Crippen molar-refractivity contribution in [2.24, 2.45) is 0 Å². The Balaban J connectivity index is 4.91. The average molecular weight is 204 g/mol. The normalized spacial score (nSPS) is 15.2. The highest BCUT2D eigenvalue weighted by Crippen LogP contribution is 2.55. The van der Waals surface area contributed by atoms with E-state index in [1.807, 2.05) is 0 Å². The van der Waals surface area contributed by atoms with E-state index < -0.39 is 21.1 Å². The third-order valence-corrected chi connectivity index (χ3v) is 7.46. The van der Waals surface area contributed by atoms with E-state index in [0.717, 1.165) is 13.8 Å². The van der Waals surface area contributed by atoms with Crippen molar-refractivity contribution in [3.63, 3.8) is 0 Å². The number of hydrogen-bond acceptors (Lipinski definition) is 1. The predicted molar refractivity (Wildman–Crippen MR) is 40.0 cm³/mol. The Morgan fingerprint density at radius 1 is 1.36 bits per heavy atom. The third kappa shape index (κ3) is 2.08. The molecule has 0 saturated heterocycles. The molecule has 0 heterocycles. The van der Waals surface area contributed by atoms with Gasteiger partial charge in [-0.3, -0.25) is 12.8 Å². The van der Waals surface area contributed by atoms with Gasteiger partial charge in [-0.05, 0) is 20.4 Å². The fourth-order valence-electron chi connectivity index (χ4n) is 0.256. The largest absolute Gasteiger partial charge is 0.439 e. The summed E-state index contributed by atoms with van der Waals surface area (Å²) in [6, 6.07) is 0. The minimum atomic E-state index is -4.78. The summed E-state index contributed by atoms with van der Waals surface area (Å²) in [6.07, 6.45) is 0. The van der Waals surface area contributed by atoms with Crippen LogP contribution in [0.3, 0.4) is 0 Å². The summed E-state index contributed by atoms with van der Waals surface area (Å²) in [6.45, 7) is 2.44. The average Bonchev–Trinajstić information content (AvgIpc) is 1.58. The van der Waals surface area contributed by atoms with Gasteiger partial charge in [-0.1, -0.05) is 0 Å². The molecule has 0 saturated carbocycles. The third-order valence-electron chi connectivity index (χ3n) is 1.80. The molecular weight excluding hydrogens is 193 g/mol. The quantitative estimate of drug-likeness (QED) is 0.407. The van der Waals surface area contributed by atoms with Crippen molar-refractivity contribution < 1.29 is 22.6 Å². The molecule has 7 heteroatoms. The number of hydrogen-bond donors (Lipinski definition) is 2. The van der Waals surface area contributed by atoms with Crippen molar-refractivity contribution in [3.05, 3.63) is 0 Å². The molecule has 0 spiro atoms. The predicted octanol–water partition coefficient (Wildman–Crippen LogP) is 1.49. The van der Waals surface area contributed by atoms with Crippen LogP contribution in [0.4, 0.5) is 8.22 Å². The minimum Gasteiger partial charge on any atom is -0.324 e. The van der Waals surface area contributed by atoms with E-state index >= 15 is 0 Å². The molecule has 0 aromatic heterocycles. The topological polar surface area (TPSA) is 57.5 Å². The van der Waals surface area contributed by atoms with E-state index in [1.54, 1.807) is 0 Å². The summed E-state index contributed by atoms with van der Waals surface area (Å²) >= 11 is 0. The van der Waals surface area contributed by atoms with Crippen molar-refractivity contribution in [2.45, 2.75) is 25.2 Å². The van der Waals surface area contributed by atoms with Gasteiger partial charge < -0.3 is 9.79 Å². The van der Waals surface area contributed by atoms with Crippen LogP contribution in [0.1, 0.15) is 13.8 Å². The molecule has 0 aliphatic heterocycles. The van der Waals surface area contributed by atoms with Crippen molar-refractivity contribution >= 4 is 16.3 Å². The highest BCUT2D eigenvalue weighted by Gasteiger charge is 2.58. The van der Waals surface area contributed by atoms with Gasteiger partial charge in [-0.2, -0.15) is 0 Å². The maximum absolute atomic E-state index is 12.6. The second-order valence-corrected chi connectivity index (χ2v) is 8.65. The fraction of sp³-hybridized carbons (Fsp3) is 1.00. The Hall–Kier alpha value is 0.227. The van der Waals surface area contributed by atoms with Gasteiger partial charge in [0.15, 0.2) is 0 Å². The van der Waals surface area contributed by atoms with Crippen LogP contribution in [0.15, 0.2) is 0 Å². The Bertz CT molecular complexity index is 194. The van der Waals surface area contributed by atoms with E-state index in [-0.39, 0.29) is 0 Å². The first-order chi connectivity index (χ1) is 4.50. The maximum Gasteiger partial charge on any atom is 0.439 e. The lowest BCUT2D eigenvalue weighted by Gasteiger charge is -2.29. The minimum absolute atomic E-state index is 0.631. The first kappa shape index (κ1) is 11.2. The molecule has 0 unspecified atom stereocenters. The second-order valence-electron chi connectivity index (χ2n) is 2.99. The number of halogens is 2. The molecule has 3 nitrogen and oxygen atoms in total. The van der Waals surface area contributed by atoms with Crippen molar-refractivity contribution in [1.82, 2.24) is 0 Å². The number of rotatable bonds is 2. The Labute approximate surface area is 64.9 Å². The van der Waals surface area contributed by atoms with E-state index in [0.29, 0.717) is 6.55 Å². The van der Waals surface area contributed by atoms with Gasteiger partial charge in [-0.15, -0.1) is 0 Å². The van der Waals surface area contributed by atoms with Crippen molar-refractivity contribution in [1.29, 1.82) is 0 Å². The maximum atomic E-state index is 12.6. The molecule has 0 rings (SSSR count). The Morgan fingerprint density at radius 3 is 1.64 bits per heavy atom. The summed E-state index contributed by atoms with van der Waals surface area (Å²) in [5, 5.41) is 0. The first-order valence-corrected chi connectivity index (χ1v) is 6.80. The first-order valence-electron chi connectivity index (χ1n) is 2.93. The van der Waals surface area contributed by atoms with Gasteiger partial charge in [0, 0.05) is 0 Å². The fourth-order valence-corrected chi connectivity index (χ4v) is 2.30. The molecule has 0 aromatic carbocycles. The summed E-state index contributed by atoms with van der Waals surface area (Å²) in [4.78, 5) is 17.1. The van der Waals surface area contributed by atoms with Gasteiger partial charge in [0.05, 0.1) is 0 Å². The highest BCUT2D eigenvalue weighted by atomic mass is 31.2. The van der Waals surface area contributed by atoms with Crippen LogP contribution in [0, 0.1) is 0 Å². The Kier molecular flexibility index (Phi) is 2.67. The lowest BCUT2D eigenvalue weighted by atomic mass is 10.5. The SMILES string of the molecule is CC(C)([Si](C)(F)F)P(=O)(O)O. The second kappa shape index (κ2) is 2.62.